The summed E-state index contributed by atoms with van der Waals surface area (Å²) in [7, 11) is 0. The molecule has 0 saturated carbocycles. The first-order chi connectivity index (χ1) is 8.16. The van der Waals surface area contributed by atoms with E-state index in [1.807, 2.05) is 0 Å². The van der Waals surface area contributed by atoms with E-state index in [2.05, 4.69) is 15.5 Å². The number of hydrogen-bond acceptors (Lipinski definition) is 3. The molecular formula is C11H10FN3O2. The van der Waals surface area contributed by atoms with Crippen molar-refractivity contribution in [3.8, 4) is 5.75 Å². The minimum Gasteiger partial charge on any atom is -0.508 e. The lowest BCUT2D eigenvalue weighted by molar-refractivity contribution is 0.0946. The molecule has 3 N–H and O–H groups in total. The molecule has 0 atom stereocenters. The van der Waals surface area contributed by atoms with E-state index in [1.54, 1.807) is 12.3 Å². The quantitative estimate of drug-likeness (QED) is 0.747. The summed E-state index contributed by atoms with van der Waals surface area (Å²) in [5.41, 5.74) is 0.611. The molecule has 0 saturated heterocycles. The number of amides is 1. The minimum absolute atomic E-state index is 0.109. The maximum atomic E-state index is 13.3. The van der Waals surface area contributed by atoms with Crippen LogP contribution >= 0.6 is 0 Å². The Hall–Kier alpha value is -2.37. The molecule has 1 heterocycles. The van der Waals surface area contributed by atoms with Crippen molar-refractivity contribution in [1.82, 2.24) is 15.5 Å². The molecule has 0 aliphatic carbocycles. The van der Waals surface area contributed by atoms with Crippen LogP contribution in [-0.2, 0) is 6.54 Å². The van der Waals surface area contributed by atoms with Gasteiger partial charge in [0.05, 0.1) is 17.8 Å². The number of phenolic OH excluding ortho intramolecular Hbond substituents is 1. The average molecular weight is 235 g/mol. The summed E-state index contributed by atoms with van der Waals surface area (Å²) in [4.78, 5) is 11.6. The maximum Gasteiger partial charge on any atom is 0.254 e. The monoisotopic (exact) mass is 235 g/mol. The fraction of sp³-hybridized carbons (Fsp3) is 0.0909. The number of rotatable bonds is 3. The summed E-state index contributed by atoms with van der Waals surface area (Å²) < 4.78 is 13.3. The number of hydrogen-bond donors (Lipinski definition) is 3. The van der Waals surface area contributed by atoms with Crippen LogP contribution in [0.1, 0.15) is 16.1 Å². The number of halogens is 1. The van der Waals surface area contributed by atoms with Crippen LogP contribution in [0.15, 0.2) is 30.5 Å². The molecule has 0 fully saturated rings. The number of phenols is 1. The van der Waals surface area contributed by atoms with Gasteiger partial charge in [-0.15, -0.1) is 0 Å². The van der Waals surface area contributed by atoms with E-state index in [0.717, 1.165) is 11.8 Å². The Kier molecular flexibility index (Phi) is 3.04. The average Bonchev–Trinajstić information content (AvgIpc) is 2.78. The van der Waals surface area contributed by atoms with Gasteiger partial charge in [0.1, 0.15) is 11.6 Å². The topological polar surface area (TPSA) is 78.0 Å². The van der Waals surface area contributed by atoms with E-state index < -0.39 is 11.7 Å². The predicted molar refractivity (Wildman–Crippen MR) is 57.8 cm³/mol. The van der Waals surface area contributed by atoms with Crippen molar-refractivity contribution in [2.75, 3.05) is 0 Å². The first kappa shape index (κ1) is 11.1. The Balaban J connectivity index is 2.04. The predicted octanol–water partition coefficient (Wildman–Crippen LogP) is 1.18. The van der Waals surface area contributed by atoms with Crippen LogP contribution in [0.25, 0.3) is 0 Å². The molecule has 0 aliphatic rings. The number of H-pyrrole nitrogens is 1. The Morgan fingerprint density at radius 2 is 2.29 bits per heavy atom. The van der Waals surface area contributed by atoms with E-state index in [9.17, 15) is 9.18 Å². The molecule has 0 bridgehead atoms. The lowest BCUT2D eigenvalue weighted by Crippen LogP contribution is -2.23. The standard InChI is InChI=1S/C11H10FN3O2/c12-10-5-8(16)1-2-9(10)11(17)13-6-7-3-4-14-15-7/h1-5,16H,6H2,(H,13,17)(H,14,15). The zero-order valence-electron chi connectivity index (χ0n) is 8.77. The Labute approximate surface area is 96.3 Å². The number of carbonyl (C=O) groups excluding carboxylic acids is 1. The van der Waals surface area contributed by atoms with Gasteiger partial charge in [-0.05, 0) is 18.2 Å². The number of benzene rings is 1. The minimum atomic E-state index is -0.757. The second kappa shape index (κ2) is 4.65. The molecule has 2 rings (SSSR count). The highest BCUT2D eigenvalue weighted by atomic mass is 19.1. The van der Waals surface area contributed by atoms with Gasteiger partial charge in [0.2, 0.25) is 0 Å². The fourth-order valence-electron chi connectivity index (χ4n) is 1.34. The van der Waals surface area contributed by atoms with Gasteiger partial charge >= 0.3 is 0 Å². The van der Waals surface area contributed by atoms with Crippen molar-refractivity contribution in [2.24, 2.45) is 0 Å². The van der Waals surface area contributed by atoms with Crippen molar-refractivity contribution >= 4 is 5.91 Å². The van der Waals surface area contributed by atoms with Gasteiger partial charge in [0.15, 0.2) is 0 Å². The molecule has 0 radical (unpaired) electrons. The summed E-state index contributed by atoms with van der Waals surface area (Å²) in [5.74, 6) is -1.52. The molecule has 1 aromatic carbocycles. The van der Waals surface area contributed by atoms with Gasteiger partial charge in [-0.25, -0.2) is 4.39 Å². The smallest absolute Gasteiger partial charge is 0.254 e. The zero-order valence-corrected chi connectivity index (χ0v) is 8.77. The summed E-state index contributed by atoms with van der Waals surface area (Å²) in [5, 5.41) is 17.9. The van der Waals surface area contributed by atoms with Crippen LogP contribution in [0.2, 0.25) is 0 Å². The van der Waals surface area contributed by atoms with Crippen molar-refractivity contribution in [3.05, 3.63) is 47.5 Å². The molecule has 17 heavy (non-hydrogen) atoms. The van der Waals surface area contributed by atoms with Gasteiger partial charge in [0, 0.05) is 12.3 Å². The van der Waals surface area contributed by atoms with Gasteiger partial charge in [-0.2, -0.15) is 5.10 Å². The van der Waals surface area contributed by atoms with Crippen molar-refractivity contribution in [2.45, 2.75) is 6.54 Å². The summed E-state index contributed by atoms with van der Waals surface area (Å²) in [6.07, 6.45) is 1.56. The molecule has 1 amide bonds. The lowest BCUT2D eigenvalue weighted by atomic mass is 10.2. The Bertz CT molecular complexity index is 526. The number of carbonyl (C=O) groups is 1. The number of aromatic amines is 1. The maximum absolute atomic E-state index is 13.3. The summed E-state index contributed by atoms with van der Waals surface area (Å²) in [6.45, 7) is 0.235. The highest BCUT2D eigenvalue weighted by molar-refractivity contribution is 5.94. The second-order valence-electron chi connectivity index (χ2n) is 3.43. The third-order valence-corrected chi connectivity index (χ3v) is 2.20. The van der Waals surface area contributed by atoms with Crippen LogP contribution in [-0.4, -0.2) is 21.2 Å². The van der Waals surface area contributed by atoms with Crippen LogP contribution in [0, 0.1) is 5.82 Å². The third-order valence-electron chi connectivity index (χ3n) is 2.20. The van der Waals surface area contributed by atoms with Crippen LogP contribution in [0.5, 0.6) is 5.75 Å². The van der Waals surface area contributed by atoms with Crippen molar-refractivity contribution in [1.29, 1.82) is 0 Å². The SMILES string of the molecule is O=C(NCc1ccn[nH]1)c1ccc(O)cc1F. The normalized spacial score (nSPS) is 10.2. The van der Waals surface area contributed by atoms with E-state index in [-0.39, 0.29) is 17.9 Å². The first-order valence-corrected chi connectivity index (χ1v) is 4.92. The van der Waals surface area contributed by atoms with Crippen LogP contribution < -0.4 is 5.32 Å². The second-order valence-corrected chi connectivity index (χ2v) is 3.43. The zero-order chi connectivity index (χ0) is 12.3. The van der Waals surface area contributed by atoms with Crippen LogP contribution in [0.3, 0.4) is 0 Å². The first-order valence-electron chi connectivity index (χ1n) is 4.92. The number of aromatic nitrogens is 2. The van der Waals surface area contributed by atoms with E-state index >= 15 is 0 Å². The Morgan fingerprint density at radius 3 is 2.94 bits per heavy atom. The van der Waals surface area contributed by atoms with Gasteiger partial charge in [-0.3, -0.25) is 9.89 Å². The third kappa shape index (κ3) is 2.60. The molecule has 0 aliphatic heterocycles. The lowest BCUT2D eigenvalue weighted by Gasteiger charge is -2.05. The summed E-state index contributed by atoms with van der Waals surface area (Å²) in [6, 6.07) is 5.08. The molecule has 2 aromatic rings. The van der Waals surface area contributed by atoms with E-state index in [4.69, 9.17) is 5.11 Å². The summed E-state index contributed by atoms with van der Waals surface area (Å²) >= 11 is 0. The van der Waals surface area contributed by atoms with E-state index in [0.29, 0.717) is 0 Å². The molecule has 1 aromatic heterocycles. The molecule has 88 valence electrons. The van der Waals surface area contributed by atoms with E-state index in [1.165, 1.54) is 12.1 Å². The van der Waals surface area contributed by atoms with Gasteiger partial charge in [0.25, 0.3) is 5.91 Å². The number of nitrogens with one attached hydrogen (secondary N) is 2. The fourth-order valence-corrected chi connectivity index (χ4v) is 1.34. The molecule has 6 heteroatoms. The molecular weight excluding hydrogens is 225 g/mol. The highest BCUT2D eigenvalue weighted by Crippen LogP contribution is 2.14. The Morgan fingerprint density at radius 1 is 1.47 bits per heavy atom. The van der Waals surface area contributed by atoms with Crippen molar-refractivity contribution < 1.29 is 14.3 Å². The van der Waals surface area contributed by atoms with Crippen molar-refractivity contribution in [3.63, 3.8) is 0 Å². The molecule has 5 nitrogen and oxygen atoms in total. The number of aromatic hydroxyl groups is 1. The van der Waals surface area contributed by atoms with Gasteiger partial charge in [-0.1, -0.05) is 0 Å². The van der Waals surface area contributed by atoms with Crippen LogP contribution in [0.4, 0.5) is 4.39 Å². The number of nitrogens with zero attached hydrogens (tertiary/aromatic N) is 1. The highest BCUT2D eigenvalue weighted by Gasteiger charge is 2.11. The van der Waals surface area contributed by atoms with Gasteiger partial charge < -0.3 is 10.4 Å². The molecule has 0 spiro atoms. The largest absolute Gasteiger partial charge is 0.508 e. The molecule has 0 unspecified atom stereocenters.